The van der Waals surface area contributed by atoms with Gasteiger partial charge in [0.2, 0.25) is 17.7 Å². The number of aromatic nitrogens is 6. The Morgan fingerprint density at radius 1 is 0.864 bits per heavy atom. The van der Waals surface area contributed by atoms with Gasteiger partial charge in [-0.25, -0.2) is 14.5 Å². The molecule has 2 N–H and O–H groups in total. The molecule has 6 aliphatic rings. The molecule has 1 unspecified atom stereocenters. The van der Waals surface area contributed by atoms with Crippen LogP contribution >= 0.6 is 0 Å². The first-order valence-corrected chi connectivity index (χ1v) is 24.6. The lowest BCUT2D eigenvalue weighted by Crippen LogP contribution is -2.52. The maximum absolute atomic E-state index is 13.3. The summed E-state index contributed by atoms with van der Waals surface area (Å²) < 4.78 is 3.88. The van der Waals surface area contributed by atoms with Crippen molar-refractivity contribution < 1.29 is 14.4 Å². The normalized spacial score (nSPS) is 23.9. The van der Waals surface area contributed by atoms with Crippen LogP contribution in [-0.4, -0.2) is 103 Å². The molecular formula is C51H60N12O3. The number of pyridine rings is 1. The Hall–Kier alpha value is -6.14. The second-order valence-corrected chi connectivity index (χ2v) is 19.8. The quantitative estimate of drug-likeness (QED) is 0.143. The number of hydrogen-bond acceptors (Lipinski definition) is 11. The van der Waals surface area contributed by atoms with E-state index in [2.05, 4.69) is 72.5 Å². The number of likely N-dealkylation sites (tertiary alicyclic amines) is 1. The molecule has 15 nitrogen and oxygen atoms in total. The third-order valence-electron chi connectivity index (χ3n) is 16.4. The van der Waals surface area contributed by atoms with E-state index in [9.17, 15) is 19.6 Å². The van der Waals surface area contributed by atoms with Gasteiger partial charge in [0.05, 0.1) is 41.4 Å². The lowest BCUT2D eigenvalue weighted by molar-refractivity contribution is -0.135. The summed E-state index contributed by atoms with van der Waals surface area (Å²) in [6.07, 6.45) is 23.9. The van der Waals surface area contributed by atoms with Gasteiger partial charge in [-0.15, -0.1) is 0 Å². The van der Waals surface area contributed by atoms with E-state index in [1.54, 1.807) is 10.7 Å². The summed E-state index contributed by atoms with van der Waals surface area (Å²) >= 11 is 0. The fraction of sp³-hybridized carbons (Fsp3) is 0.529. The van der Waals surface area contributed by atoms with Crippen LogP contribution < -0.4 is 20.4 Å². The van der Waals surface area contributed by atoms with Gasteiger partial charge in [-0.3, -0.25) is 24.4 Å². The van der Waals surface area contributed by atoms with Crippen molar-refractivity contribution in [2.45, 2.75) is 133 Å². The molecule has 0 spiro atoms. The summed E-state index contributed by atoms with van der Waals surface area (Å²) in [6.45, 7) is 6.73. The minimum absolute atomic E-state index is 0.164. The van der Waals surface area contributed by atoms with Crippen LogP contribution in [0.1, 0.15) is 125 Å². The summed E-state index contributed by atoms with van der Waals surface area (Å²) in [6, 6.07) is 14.2. The molecule has 11 rings (SSSR count). The molecular weight excluding hydrogens is 829 g/mol. The van der Waals surface area contributed by atoms with E-state index in [1.165, 1.54) is 17.5 Å². The molecule has 15 heteroatoms. The van der Waals surface area contributed by atoms with Crippen LogP contribution in [0.25, 0.3) is 28.0 Å². The van der Waals surface area contributed by atoms with Crippen LogP contribution in [0.5, 0.6) is 0 Å². The number of anilines is 2. The van der Waals surface area contributed by atoms with Crippen LogP contribution in [0.4, 0.5) is 11.5 Å². The van der Waals surface area contributed by atoms with E-state index in [0.717, 1.165) is 138 Å². The van der Waals surface area contributed by atoms with Crippen molar-refractivity contribution in [2.75, 3.05) is 42.5 Å². The fourth-order valence-electron chi connectivity index (χ4n) is 11.9. The summed E-state index contributed by atoms with van der Waals surface area (Å²) in [5, 5.41) is 25.3. The zero-order chi connectivity index (χ0) is 44.9. The average Bonchev–Trinajstić information content (AvgIpc) is 4.12. The van der Waals surface area contributed by atoms with Gasteiger partial charge in [-0.1, -0.05) is 19.1 Å². The highest BCUT2D eigenvalue weighted by molar-refractivity contribution is 6.02. The molecule has 3 saturated heterocycles. The number of nitrogens with zero attached hydrogens (tertiary/aromatic N) is 10. The number of amides is 3. The van der Waals surface area contributed by atoms with Crippen LogP contribution in [0.15, 0.2) is 61.3 Å². The third-order valence-corrected chi connectivity index (χ3v) is 16.4. The number of piperidine rings is 3. The Morgan fingerprint density at radius 2 is 1.67 bits per heavy atom. The third kappa shape index (κ3) is 7.90. The Kier molecular flexibility index (Phi) is 11.3. The molecule has 1 aromatic carbocycles. The lowest BCUT2D eigenvalue weighted by atomic mass is 9.74. The zero-order valence-electron chi connectivity index (χ0n) is 38.0. The molecule has 3 amide bonds. The maximum Gasteiger partial charge on any atom is 0.249 e. The first kappa shape index (κ1) is 42.5. The SMILES string of the molecule is CCC1(C(=O)NC2CCC2)CCN(c2ccc(-c3nc(-c4cnn([C@H]5CC[C@H](N6CCC(c7ccc8c(c7)CCN8C7CCC(=O)NC7=O)CC6)CC5)c4)cn4ncc(C#N)c34)cn2)CC1. The smallest absolute Gasteiger partial charge is 0.249 e. The molecule has 4 aromatic heterocycles. The standard InChI is InChI=1S/C51H60N12O3/c1-2-51(50(66)56-39-4-3-5-39)19-24-60(25-20-51)45-14-7-36(28-53-45)47-48-37(27-52)29-55-63(48)32-42(57-47)38-30-54-62(31-38)41-10-8-40(9-11-41)59-21-16-33(17-22-59)34-6-12-43-35(26-34)18-23-61(43)44-13-15-46(64)58-49(44)65/h6-7,12,14,26,28-33,39-41,44H,2-5,8-11,13,15-25H2,1H3,(H,56,66)(H,58,64,65)/t40-,41-,44?. The van der Waals surface area contributed by atoms with E-state index in [1.807, 2.05) is 30.7 Å². The predicted octanol–water partition coefficient (Wildman–Crippen LogP) is 6.72. The molecule has 0 bridgehead atoms. The van der Waals surface area contributed by atoms with Crippen molar-refractivity contribution >= 4 is 34.7 Å². The van der Waals surface area contributed by atoms with Crippen molar-refractivity contribution in [3.8, 4) is 28.6 Å². The molecule has 4 aliphatic heterocycles. The van der Waals surface area contributed by atoms with Gasteiger partial charge in [0.15, 0.2) is 0 Å². The number of hydrogen-bond donors (Lipinski definition) is 2. The Morgan fingerprint density at radius 3 is 2.38 bits per heavy atom. The minimum atomic E-state index is -0.316. The average molecular weight is 889 g/mol. The number of carbonyl (C=O) groups excluding carboxylic acids is 3. The molecule has 66 heavy (non-hydrogen) atoms. The monoisotopic (exact) mass is 888 g/mol. The van der Waals surface area contributed by atoms with E-state index in [-0.39, 0.29) is 29.2 Å². The number of carbonyl (C=O) groups is 3. The first-order chi connectivity index (χ1) is 32.3. The molecule has 5 fully saturated rings. The minimum Gasteiger partial charge on any atom is -0.359 e. The summed E-state index contributed by atoms with van der Waals surface area (Å²) in [4.78, 5) is 54.9. The predicted molar refractivity (Wildman–Crippen MR) is 251 cm³/mol. The second-order valence-electron chi connectivity index (χ2n) is 19.8. The summed E-state index contributed by atoms with van der Waals surface area (Å²) in [5.41, 5.74) is 7.80. The topological polar surface area (TPSA) is 170 Å². The van der Waals surface area contributed by atoms with Crippen molar-refractivity contribution in [3.05, 3.63) is 78.0 Å². The van der Waals surface area contributed by atoms with Crippen LogP contribution in [-0.2, 0) is 20.8 Å². The van der Waals surface area contributed by atoms with Crippen molar-refractivity contribution in [1.29, 1.82) is 5.26 Å². The van der Waals surface area contributed by atoms with Gasteiger partial charge in [-0.05, 0) is 138 Å². The highest BCUT2D eigenvalue weighted by atomic mass is 16.2. The van der Waals surface area contributed by atoms with Gasteiger partial charge in [0.25, 0.3) is 0 Å². The maximum atomic E-state index is 13.3. The summed E-state index contributed by atoms with van der Waals surface area (Å²) in [7, 11) is 0. The van der Waals surface area contributed by atoms with Crippen molar-refractivity contribution in [2.24, 2.45) is 5.41 Å². The number of benzene rings is 1. The molecule has 2 aliphatic carbocycles. The number of rotatable bonds is 10. The van der Waals surface area contributed by atoms with E-state index >= 15 is 0 Å². The van der Waals surface area contributed by atoms with Gasteiger partial charge in [-0.2, -0.15) is 15.5 Å². The molecule has 2 saturated carbocycles. The summed E-state index contributed by atoms with van der Waals surface area (Å²) in [5.74, 6) is 1.32. The fourth-order valence-corrected chi connectivity index (χ4v) is 11.9. The van der Waals surface area contributed by atoms with Gasteiger partial charge in [0.1, 0.15) is 29.0 Å². The Labute approximate surface area is 385 Å². The highest BCUT2D eigenvalue weighted by Gasteiger charge is 2.42. The van der Waals surface area contributed by atoms with Crippen molar-refractivity contribution in [3.63, 3.8) is 0 Å². The van der Waals surface area contributed by atoms with Crippen LogP contribution in [0, 0.1) is 16.7 Å². The molecule has 5 aromatic rings. The van der Waals surface area contributed by atoms with Gasteiger partial charge >= 0.3 is 0 Å². The van der Waals surface area contributed by atoms with E-state index < -0.39 is 0 Å². The van der Waals surface area contributed by atoms with Crippen LogP contribution in [0.3, 0.4) is 0 Å². The number of imide groups is 1. The molecule has 1 atom stereocenters. The van der Waals surface area contributed by atoms with E-state index in [0.29, 0.717) is 53.7 Å². The van der Waals surface area contributed by atoms with Crippen molar-refractivity contribution in [1.82, 2.24) is 44.9 Å². The van der Waals surface area contributed by atoms with Gasteiger partial charge in [0, 0.05) is 67.3 Å². The van der Waals surface area contributed by atoms with E-state index in [4.69, 9.17) is 15.1 Å². The number of nitriles is 1. The Balaban J connectivity index is 0.712. The van der Waals surface area contributed by atoms with Crippen LogP contribution in [0.2, 0.25) is 0 Å². The molecule has 0 radical (unpaired) electrons. The Bertz CT molecular complexity index is 2670. The number of fused-ring (bicyclic) bond motifs is 2. The van der Waals surface area contributed by atoms with Gasteiger partial charge < -0.3 is 20.0 Å². The molecule has 342 valence electrons. The second kappa shape index (κ2) is 17.6. The molecule has 8 heterocycles. The zero-order valence-corrected chi connectivity index (χ0v) is 38.0. The number of nitrogens with one attached hydrogen (secondary N) is 2. The lowest BCUT2D eigenvalue weighted by Gasteiger charge is -2.42. The largest absolute Gasteiger partial charge is 0.359 e. The first-order valence-electron chi connectivity index (χ1n) is 24.6. The highest BCUT2D eigenvalue weighted by Crippen LogP contribution is 2.41.